The second-order valence-electron chi connectivity index (χ2n) is 16.6. The van der Waals surface area contributed by atoms with Crippen molar-refractivity contribution in [2.45, 2.75) is 86.9 Å². The summed E-state index contributed by atoms with van der Waals surface area (Å²) in [5.74, 6) is -4.58. The first-order valence-electron chi connectivity index (χ1n) is 19.7. The second kappa shape index (κ2) is 16.1. The number of fused-ring (bicyclic) bond motifs is 4. The number of carbonyl (C=O) groups is 1. The highest BCUT2D eigenvalue weighted by atomic mass is 35.5. The van der Waals surface area contributed by atoms with Gasteiger partial charge in [-0.05, 0) is 74.9 Å². The normalized spacial score (nSPS) is 18.4. The van der Waals surface area contributed by atoms with Crippen molar-refractivity contribution in [3.05, 3.63) is 105 Å². The van der Waals surface area contributed by atoms with Crippen molar-refractivity contribution in [1.82, 2.24) is 29.9 Å². The topological polar surface area (TPSA) is 158 Å². The Hall–Kier alpha value is -5.53. The highest BCUT2D eigenvalue weighted by Crippen LogP contribution is 2.71. The predicted molar refractivity (Wildman–Crippen MR) is 223 cm³/mol. The number of carbonyl (C=O) groups excluding carboxylic acids is 1. The standard InChI is InChI=1S/C42H36ClF8N7O5S2/c1-19-31-33-36(39(48)49)54-58(38(33)42(50,51)34(19)31)18-30(59)53-28(15-20-13-21(44)16-22(45)14-20)35-25(8-5-23(52-35)11-12-41(2,3)64(4,60)61)26-9-10-27(43)32-37(26)57(17-29(46)47)55-40(32)56-65(62,63)24-6-7-24/h5,8-10,13-14,16,24,28-29,31,34,39H,1,6-7,15,17-18H2,2-4H3,(H,53,59)(H,55,56)/t28-,31+,34+/m0/s1. The maximum atomic E-state index is 15.7. The smallest absolute Gasteiger partial charge is 0.297 e. The highest BCUT2D eigenvalue weighted by molar-refractivity contribution is 7.93. The number of allylic oxidation sites excluding steroid dienone is 1. The van der Waals surface area contributed by atoms with Crippen LogP contribution < -0.4 is 10.0 Å². The molecule has 2 aromatic carbocycles. The number of halogens is 9. The first-order chi connectivity index (χ1) is 30.3. The molecule has 2 saturated carbocycles. The number of anilines is 1. The van der Waals surface area contributed by atoms with Gasteiger partial charge in [0.15, 0.2) is 15.7 Å². The average Bonchev–Trinajstić information content (AvgIpc) is 4.07. The van der Waals surface area contributed by atoms with Crippen LogP contribution >= 0.6 is 11.6 Å². The van der Waals surface area contributed by atoms with E-state index in [0.29, 0.717) is 23.6 Å². The first-order valence-corrected chi connectivity index (χ1v) is 23.5. The fourth-order valence-corrected chi connectivity index (χ4v) is 9.83. The Morgan fingerprint density at radius 3 is 2.26 bits per heavy atom. The second-order valence-corrected chi connectivity index (χ2v) is 21.5. The van der Waals surface area contributed by atoms with Gasteiger partial charge in [-0.1, -0.05) is 35.7 Å². The summed E-state index contributed by atoms with van der Waals surface area (Å²) in [6, 6.07) is 6.20. The summed E-state index contributed by atoms with van der Waals surface area (Å²) in [4.78, 5) is 18.8. The predicted octanol–water partition coefficient (Wildman–Crippen LogP) is 7.98. The van der Waals surface area contributed by atoms with Gasteiger partial charge in [-0.15, -0.1) is 0 Å². The number of amides is 1. The van der Waals surface area contributed by atoms with Crippen LogP contribution in [0.3, 0.4) is 0 Å². The lowest BCUT2D eigenvalue weighted by Crippen LogP contribution is -2.35. The Kier molecular flexibility index (Phi) is 11.4. The van der Waals surface area contributed by atoms with E-state index in [1.807, 2.05) is 0 Å². The van der Waals surface area contributed by atoms with Gasteiger partial charge in [-0.3, -0.25) is 18.9 Å². The van der Waals surface area contributed by atoms with Crippen LogP contribution in [0.15, 0.2) is 54.6 Å². The van der Waals surface area contributed by atoms with Crippen molar-refractivity contribution in [2.24, 2.45) is 5.92 Å². The number of sulfonamides is 1. The monoisotopic (exact) mass is 969 g/mol. The largest absolute Gasteiger partial charge is 0.346 e. The van der Waals surface area contributed by atoms with Crippen LogP contribution in [0.25, 0.3) is 22.0 Å². The third-order valence-electron chi connectivity index (χ3n) is 11.6. The van der Waals surface area contributed by atoms with Gasteiger partial charge in [0.25, 0.3) is 18.8 Å². The first kappa shape index (κ1) is 46.0. The summed E-state index contributed by atoms with van der Waals surface area (Å²) >= 11 is 6.63. The number of hydrogen-bond donors (Lipinski definition) is 2. The van der Waals surface area contributed by atoms with E-state index >= 15 is 8.78 Å². The molecule has 23 heteroatoms. The fraction of sp³-hybridized carbons (Fsp3) is 0.381. The van der Waals surface area contributed by atoms with Crippen LogP contribution in [0.5, 0.6) is 0 Å². The minimum Gasteiger partial charge on any atom is -0.346 e. The molecule has 0 spiro atoms. The Labute approximate surface area is 371 Å². The molecule has 0 unspecified atom stereocenters. The molecular weight excluding hydrogens is 934 g/mol. The van der Waals surface area contributed by atoms with Gasteiger partial charge < -0.3 is 5.32 Å². The van der Waals surface area contributed by atoms with E-state index in [0.717, 1.165) is 23.1 Å². The molecule has 0 bridgehead atoms. The van der Waals surface area contributed by atoms with Gasteiger partial charge in [-0.25, -0.2) is 48.2 Å². The van der Waals surface area contributed by atoms with Gasteiger partial charge >= 0.3 is 0 Å². The molecule has 2 N–H and O–H groups in total. The molecular formula is C42H36ClF8N7O5S2. The zero-order valence-corrected chi connectivity index (χ0v) is 36.6. The molecule has 0 saturated heterocycles. The van der Waals surface area contributed by atoms with Crippen LogP contribution in [0.4, 0.5) is 40.9 Å². The summed E-state index contributed by atoms with van der Waals surface area (Å²) in [7, 11) is -7.84. The number of sulfone groups is 1. The maximum absolute atomic E-state index is 15.7. The lowest BCUT2D eigenvalue weighted by molar-refractivity contribution is -0.122. The molecule has 65 heavy (non-hydrogen) atoms. The summed E-state index contributed by atoms with van der Waals surface area (Å²) in [6.45, 7) is 4.06. The number of pyridine rings is 1. The van der Waals surface area contributed by atoms with Crippen LogP contribution in [-0.4, -0.2) is 70.0 Å². The number of benzene rings is 2. The van der Waals surface area contributed by atoms with Gasteiger partial charge in [0.1, 0.15) is 46.6 Å². The molecule has 0 aliphatic heterocycles. The van der Waals surface area contributed by atoms with E-state index in [1.54, 1.807) is 0 Å². The molecule has 3 heterocycles. The minimum absolute atomic E-state index is 0.00290. The SMILES string of the molecule is C=C1[C@@H]2c3c(C(F)F)nn(CC(=O)N[C@@H](Cc4cc(F)cc(F)c4)c4nc(C#CC(C)(C)S(C)(=O)=O)ccc4-c4ccc(Cl)c5c(NS(=O)(=O)C6CC6)nn(CC(F)F)c45)c3C(F)(F)[C@H]12. The number of hydrogen-bond acceptors (Lipinski definition) is 8. The molecule has 3 aliphatic rings. The number of aromatic nitrogens is 5. The number of rotatable bonds is 14. The van der Waals surface area contributed by atoms with E-state index in [4.69, 9.17) is 11.6 Å². The molecule has 3 aliphatic carbocycles. The lowest BCUT2D eigenvalue weighted by atomic mass is 9.93. The Balaban J connectivity index is 1.32. The van der Waals surface area contributed by atoms with Gasteiger partial charge in [0.05, 0.1) is 38.8 Å². The van der Waals surface area contributed by atoms with E-state index in [-0.39, 0.29) is 55.4 Å². The quantitative estimate of drug-likeness (QED) is 0.0645. The van der Waals surface area contributed by atoms with Gasteiger partial charge in [0, 0.05) is 34.9 Å². The van der Waals surface area contributed by atoms with E-state index < -0.39 is 121 Å². The van der Waals surface area contributed by atoms with Crippen molar-refractivity contribution in [2.75, 3.05) is 11.0 Å². The molecule has 3 atom stereocenters. The number of alkyl halides is 6. The van der Waals surface area contributed by atoms with Crippen LogP contribution in [0.2, 0.25) is 5.02 Å². The van der Waals surface area contributed by atoms with Gasteiger partial charge in [-0.2, -0.15) is 19.0 Å². The summed E-state index contributed by atoms with van der Waals surface area (Å²) in [6.07, 6.45) is -5.23. The van der Waals surface area contributed by atoms with Crippen LogP contribution in [-0.2, 0) is 50.1 Å². The van der Waals surface area contributed by atoms with E-state index in [1.165, 1.54) is 38.1 Å². The molecule has 5 aromatic rings. The van der Waals surface area contributed by atoms with Crippen molar-refractivity contribution < 1.29 is 56.8 Å². The highest BCUT2D eigenvalue weighted by Gasteiger charge is 2.70. The summed E-state index contributed by atoms with van der Waals surface area (Å²) in [5, 5.41) is 9.46. The molecule has 12 nitrogen and oxygen atoms in total. The van der Waals surface area contributed by atoms with Crippen LogP contribution in [0, 0.1) is 29.4 Å². The third-order valence-corrected chi connectivity index (χ3v) is 15.7. The summed E-state index contributed by atoms with van der Waals surface area (Å²) in [5.41, 5.74) is -2.87. The maximum Gasteiger partial charge on any atom is 0.297 e. The number of nitrogens with one attached hydrogen (secondary N) is 2. The molecule has 344 valence electrons. The molecule has 1 amide bonds. The number of nitrogens with zero attached hydrogens (tertiary/aromatic N) is 5. The molecule has 3 aromatic heterocycles. The molecule has 8 rings (SSSR count). The summed E-state index contributed by atoms with van der Waals surface area (Å²) < 4.78 is 171. The fourth-order valence-electron chi connectivity index (χ4n) is 8.01. The molecule has 2 fully saturated rings. The zero-order chi connectivity index (χ0) is 47.3. The lowest BCUT2D eigenvalue weighted by Gasteiger charge is -2.23. The van der Waals surface area contributed by atoms with E-state index in [2.05, 4.69) is 43.6 Å². The van der Waals surface area contributed by atoms with Crippen molar-refractivity contribution in [3.63, 3.8) is 0 Å². The van der Waals surface area contributed by atoms with Crippen molar-refractivity contribution in [3.8, 4) is 23.0 Å². The Morgan fingerprint density at radius 1 is 0.985 bits per heavy atom. The minimum atomic E-state index is -4.05. The van der Waals surface area contributed by atoms with E-state index in [9.17, 15) is 48.0 Å². The molecule has 0 radical (unpaired) electrons. The van der Waals surface area contributed by atoms with Crippen molar-refractivity contribution >= 4 is 54.1 Å². The average molecular weight is 970 g/mol. The van der Waals surface area contributed by atoms with Crippen LogP contribution in [0.1, 0.15) is 79.0 Å². The van der Waals surface area contributed by atoms with Crippen molar-refractivity contribution in [1.29, 1.82) is 0 Å². The Morgan fingerprint density at radius 2 is 1.65 bits per heavy atom. The third kappa shape index (κ3) is 8.57. The van der Waals surface area contributed by atoms with Gasteiger partial charge in [0.2, 0.25) is 15.9 Å². The Bertz CT molecular complexity index is 3100. The zero-order valence-electron chi connectivity index (χ0n) is 34.2.